The quantitative estimate of drug-likeness (QED) is 0.792. The number of carbonyl (C=O) groups excluding carboxylic acids is 1. The number of amides is 1. The van der Waals surface area contributed by atoms with Crippen LogP contribution in [0.25, 0.3) is 0 Å². The first-order valence-corrected chi connectivity index (χ1v) is 8.39. The van der Waals surface area contributed by atoms with Gasteiger partial charge in [0, 0.05) is 11.3 Å². The molecular formula is C19H23ClN2O2. The second-order valence-electron chi connectivity index (χ2n) is 5.78. The topological polar surface area (TPSA) is 50.4 Å². The van der Waals surface area contributed by atoms with Crippen molar-refractivity contribution in [3.8, 4) is 5.75 Å². The van der Waals surface area contributed by atoms with Gasteiger partial charge in [-0.15, -0.1) is 0 Å². The third-order valence-corrected chi connectivity index (χ3v) is 3.75. The van der Waals surface area contributed by atoms with Crippen LogP contribution in [0.5, 0.6) is 5.75 Å². The summed E-state index contributed by atoms with van der Waals surface area (Å²) >= 11 is 6.22. The van der Waals surface area contributed by atoms with Gasteiger partial charge in [-0.2, -0.15) is 0 Å². The number of nitrogens with one attached hydrogen (secondary N) is 2. The van der Waals surface area contributed by atoms with E-state index in [1.54, 1.807) is 18.2 Å². The summed E-state index contributed by atoms with van der Waals surface area (Å²) in [5, 5.41) is 6.47. The molecule has 0 radical (unpaired) electrons. The van der Waals surface area contributed by atoms with Gasteiger partial charge in [0.25, 0.3) is 5.91 Å². The molecule has 5 heteroatoms. The number of benzene rings is 2. The van der Waals surface area contributed by atoms with Crippen molar-refractivity contribution in [2.24, 2.45) is 0 Å². The fourth-order valence-corrected chi connectivity index (χ4v) is 2.57. The molecular weight excluding hydrogens is 324 g/mol. The number of hydrogen-bond acceptors (Lipinski definition) is 3. The average Bonchev–Trinajstić information content (AvgIpc) is 2.55. The molecule has 4 nitrogen and oxygen atoms in total. The highest BCUT2D eigenvalue weighted by Gasteiger charge is 2.12. The highest BCUT2D eigenvalue weighted by Crippen LogP contribution is 2.28. The first-order chi connectivity index (χ1) is 11.5. The molecule has 2 rings (SSSR count). The van der Waals surface area contributed by atoms with Crippen LogP contribution < -0.4 is 15.4 Å². The standard InChI is InChI=1S/C19H23ClN2O2/c1-13(2)24-18-9-8-15(12-17(18)20)22-19(23)16-7-5-4-6-14(16)10-11-21-3/h4-9,12-13,21H,10-11H2,1-3H3,(H,22,23). The monoisotopic (exact) mass is 346 g/mol. The number of carbonyl (C=O) groups is 1. The normalized spacial score (nSPS) is 10.7. The minimum Gasteiger partial charge on any atom is -0.489 e. The Morgan fingerprint density at radius 3 is 2.62 bits per heavy atom. The van der Waals surface area contributed by atoms with Gasteiger partial charge < -0.3 is 15.4 Å². The van der Waals surface area contributed by atoms with E-state index in [2.05, 4.69) is 10.6 Å². The van der Waals surface area contributed by atoms with Crippen molar-refractivity contribution in [2.45, 2.75) is 26.4 Å². The van der Waals surface area contributed by atoms with E-state index >= 15 is 0 Å². The first kappa shape index (κ1) is 18.3. The number of anilines is 1. The van der Waals surface area contributed by atoms with Crippen molar-refractivity contribution >= 4 is 23.2 Å². The molecule has 2 aromatic rings. The highest BCUT2D eigenvalue weighted by molar-refractivity contribution is 6.32. The molecule has 2 N–H and O–H groups in total. The third-order valence-electron chi connectivity index (χ3n) is 3.46. The van der Waals surface area contributed by atoms with Crippen LogP contribution in [0.15, 0.2) is 42.5 Å². The zero-order chi connectivity index (χ0) is 17.5. The number of ether oxygens (including phenoxy) is 1. The van der Waals surface area contributed by atoms with E-state index in [4.69, 9.17) is 16.3 Å². The molecule has 0 saturated carbocycles. The maximum absolute atomic E-state index is 12.6. The van der Waals surface area contributed by atoms with Gasteiger partial charge in [0.2, 0.25) is 0 Å². The Kier molecular flexibility index (Phi) is 6.64. The SMILES string of the molecule is CNCCc1ccccc1C(=O)Nc1ccc(OC(C)C)c(Cl)c1. The molecule has 0 spiro atoms. The van der Waals surface area contributed by atoms with E-state index in [-0.39, 0.29) is 12.0 Å². The number of halogens is 1. The number of rotatable bonds is 7. The van der Waals surface area contributed by atoms with Gasteiger partial charge in [0.1, 0.15) is 5.75 Å². The minimum absolute atomic E-state index is 0.0435. The lowest BCUT2D eigenvalue weighted by atomic mass is 10.0. The van der Waals surface area contributed by atoms with E-state index in [1.807, 2.05) is 45.2 Å². The molecule has 0 unspecified atom stereocenters. The molecule has 0 saturated heterocycles. The Morgan fingerprint density at radius 1 is 1.21 bits per heavy atom. The van der Waals surface area contributed by atoms with Gasteiger partial charge >= 0.3 is 0 Å². The molecule has 128 valence electrons. The summed E-state index contributed by atoms with van der Waals surface area (Å²) in [4.78, 5) is 12.6. The molecule has 0 heterocycles. The molecule has 0 aromatic heterocycles. The zero-order valence-electron chi connectivity index (χ0n) is 14.2. The van der Waals surface area contributed by atoms with Crippen molar-refractivity contribution in [2.75, 3.05) is 18.9 Å². The molecule has 24 heavy (non-hydrogen) atoms. The van der Waals surface area contributed by atoms with Gasteiger partial charge in [-0.1, -0.05) is 29.8 Å². The van der Waals surface area contributed by atoms with Gasteiger partial charge in [-0.25, -0.2) is 0 Å². The van der Waals surface area contributed by atoms with Gasteiger partial charge in [0.15, 0.2) is 0 Å². The van der Waals surface area contributed by atoms with Gasteiger partial charge in [0.05, 0.1) is 11.1 Å². The highest BCUT2D eigenvalue weighted by atomic mass is 35.5. The van der Waals surface area contributed by atoms with Gasteiger partial charge in [-0.3, -0.25) is 4.79 Å². The van der Waals surface area contributed by atoms with Crippen LogP contribution in [-0.4, -0.2) is 25.6 Å². The molecule has 0 aliphatic heterocycles. The minimum atomic E-state index is -0.143. The van der Waals surface area contributed by atoms with E-state index in [0.29, 0.717) is 22.0 Å². The fraction of sp³-hybridized carbons (Fsp3) is 0.316. The summed E-state index contributed by atoms with van der Waals surface area (Å²) in [5.41, 5.74) is 2.33. The summed E-state index contributed by atoms with van der Waals surface area (Å²) in [5.74, 6) is 0.467. The van der Waals surface area contributed by atoms with E-state index in [1.165, 1.54) is 0 Å². The van der Waals surface area contributed by atoms with Crippen LogP contribution in [-0.2, 0) is 6.42 Å². The predicted octanol–water partition coefficient (Wildman–Crippen LogP) is 4.14. The summed E-state index contributed by atoms with van der Waals surface area (Å²) in [7, 11) is 1.89. The Labute approximate surface area is 148 Å². The lowest BCUT2D eigenvalue weighted by Crippen LogP contribution is -2.17. The largest absolute Gasteiger partial charge is 0.489 e. The smallest absolute Gasteiger partial charge is 0.255 e. The maximum Gasteiger partial charge on any atom is 0.255 e. The van der Waals surface area contributed by atoms with Crippen molar-refractivity contribution < 1.29 is 9.53 Å². The summed E-state index contributed by atoms with van der Waals surface area (Å²) in [6.45, 7) is 4.69. The average molecular weight is 347 g/mol. The number of likely N-dealkylation sites (N-methyl/N-ethyl adjacent to an activating group) is 1. The van der Waals surface area contributed by atoms with E-state index in [0.717, 1.165) is 18.5 Å². The van der Waals surface area contributed by atoms with Crippen LogP contribution in [0.1, 0.15) is 29.8 Å². The summed E-state index contributed by atoms with van der Waals surface area (Å²) < 4.78 is 5.60. The van der Waals surface area contributed by atoms with Gasteiger partial charge in [-0.05, 0) is 63.7 Å². The molecule has 1 amide bonds. The summed E-state index contributed by atoms with van der Waals surface area (Å²) in [6, 6.07) is 12.9. The number of hydrogen-bond donors (Lipinski definition) is 2. The van der Waals surface area contributed by atoms with Crippen LogP contribution >= 0.6 is 11.6 Å². The Morgan fingerprint density at radius 2 is 1.96 bits per heavy atom. The van der Waals surface area contributed by atoms with Crippen molar-refractivity contribution in [1.29, 1.82) is 0 Å². The van der Waals surface area contributed by atoms with Crippen molar-refractivity contribution in [1.82, 2.24) is 5.32 Å². The van der Waals surface area contributed by atoms with Crippen LogP contribution in [0.3, 0.4) is 0 Å². The second-order valence-corrected chi connectivity index (χ2v) is 6.18. The molecule has 0 fully saturated rings. The summed E-state index contributed by atoms with van der Waals surface area (Å²) in [6.07, 6.45) is 0.837. The van der Waals surface area contributed by atoms with Crippen LogP contribution in [0.2, 0.25) is 5.02 Å². The fourth-order valence-electron chi connectivity index (χ4n) is 2.35. The zero-order valence-corrected chi connectivity index (χ0v) is 15.0. The van der Waals surface area contributed by atoms with E-state index < -0.39 is 0 Å². The molecule has 0 bridgehead atoms. The van der Waals surface area contributed by atoms with E-state index in [9.17, 15) is 4.79 Å². The predicted molar refractivity (Wildman–Crippen MR) is 99.2 cm³/mol. The second kappa shape index (κ2) is 8.71. The Hall–Kier alpha value is -2.04. The molecule has 2 aromatic carbocycles. The Bertz CT molecular complexity index is 702. The maximum atomic E-state index is 12.6. The van der Waals surface area contributed by atoms with Crippen LogP contribution in [0.4, 0.5) is 5.69 Å². The third kappa shape index (κ3) is 4.98. The first-order valence-electron chi connectivity index (χ1n) is 8.01. The molecule has 0 atom stereocenters. The van der Waals surface area contributed by atoms with Crippen LogP contribution in [0, 0.1) is 0 Å². The lowest BCUT2D eigenvalue weighted by molar-refractivity contribution is 0.102. The molecule has 0 aliphatic carbocycles. The van der Waals surface area contributed by atoms with Crippen molar-refractivity contribution in [3.05, 3.63) is 58.6 Å². The molecule has 0 aliphatic rings. The Balaban J connectivity index is 2.14. The lowest BCUT2D eigenvalue weighted by Gasteiger charge is -2.13. The van der Waals surface area contributed by atoms with Crippen molar-refractivity contribution in [3.63, 3.8) is 0 Å².